The summed E-state index contributed by atoms with van der Waals surface area (Å²) in [5.41, 5.74) is -0.445. The van der Waals surface area contributed by atoms with Gasteiger partial charge in [0.2, 0.25) is 0 Å². The number of rotatable bonds is 3. The average molecular weight is 186 g/mol. The van der Waals surface area contributed by atoms with Gasteiger partial charge in [0.1, 0.15) is 5.60 Å². The van der Waals surface area contributed by atoms with Crippen LogP contribution < -0.4 is 0 Å². The predicted octanol–water partition coefficient (Wildman–Crippen LogP) is 2.27. The highest BCUT2D eigenvalue weighted by Crippen LogP contribution is 2.07. The fraction of sp³-hybridized carbons (Fsp3) is 0.700. The van der Waals surface area contributed by atoms with Gasteiger partial charge in [-0.25, -0.2) is 4.79 Å². The minimum Gasteiger partial charge on any atom is -0.498 e. The molecule has 0 spiro atoms. The molecule has 3 heteroatoms. The second kappa shape index (κ2) is 4.90. The quantitative estimate of drug-likeness (QED) is 0.385. The highest BCUT2D eigenvalue weighted by Gasteiger charge is 2.13. The topological polar surface area (TPSA) is 35.5 Å². The third-order valence-corrected chi connectivity index (χ3v) is 0.962. The lowest BCUT2D eigenvalue weighted by molar-refractivity contribution is -0.148. The molecule has 3 nitrogen and oxygen atoms in total. The third kappa shape index (κ3) is 8.92. The van der Waals surface area contributed by atoms with E-state index in [4.69, 9.17) is 9.47 Å². The molecule has 0 unspecified atom stereocenters. The van der Waals surface area contributed by atoms with Crippen molar-refractivity contribution in [2.75, 3.05) is 0 Å². The number of esters is 1. The van der Waals surface area contributed by atoms with Crippen LogP contribution in [0.1, 0.15) is 34.6 Å². The third-order valence-electron chi connectivity index (χ3n) is 0.962. The van der Waals surface area contributed by atoms with Crippen molar-refractivity contribution in [1.29, 1.82) is 0 Å². The molecule has 0 radical (unpaired) electrons. The summed E-state index contributed by atoms with van der Waals surface area (Å²) in [4.78, 5) is 11.1. The molecule has 0 heterocycles. The average Bonchev–Trinajstić information content (AvgIpc) is 1.81. The largest absolute Gasteiger partial charge is 0.498 e. The molecule has 0 rings (SSSR count). The summed E-state index contributed by atoms with van der Waals surface area (Å²) >= 11 is 0. The Kier molecular flexibility index (Phi) is 4.52. The lowest BCUT2D eigenvalue weighted by atomic mass is 10.2. The van der Waals surface area contributed by atoms with Gasteiger partial charge in [0, 0.05) is 0 Å². The van der Waals surface area contributed by atoms with Crippen LogP contribution in [0.5, 0.6) is 0 Å². The van der Waals surface area contributed by atoms with Crippen molar-refractivity contribution in [2.45, 2.75) is 46.3 Å². The zero-order chi connectivity index (χ0) is 10.5. The molecule has 0 saturated carbocycles. The van der Waals surface area contributed by atoms with Gasteiger partial charge < -0.3 is 9.47 Å². The van der Waals surface area contributed by atoms with Crippen LogP contribution in [0.15, 0.2) is 12.3 Å². The van der Waals surface area contributed by atoms with Gasteiger partial charge in [0.15, 0.2) is 0 Å². The van der Waals surface area contributed by atoms with Crippen molar-refractivity contribution in [1.82, 2.24) is 0 Å². The molecule has 0 aliphatic rings. The van der Waals surface area contributed by atoms with Gasteiger partial charge >= 0.3 is 5.97 Å². The van der Waals surface area contributed by atoms with E-state index in [2.05, 4.69) is 0 Å². The highest BCUT2D eigenvalue weighted by atomic mass is 16.6. The first-order valence-electron chi connectivity index (χ1n) is 4.36. The van der Waals surface area contributed by atoms with Crippen LogP contribution in [0.3, 0.4) is 0 Å². The first kappa shape index (κ1) is 12.0. The Morgan fingerprint density at radius 3 is 2.23 bits per heavy atom. The molecule has 0 aliphatic heterocycles. The number of ether oxygens (including phenoxy) is 2. The van der Waals surface area contributed by atoms with Crippen molar-refractivity contribution in [2.24, 2.45) is 0 Å². The van der Waals surface area contributed by atoms with Crippen molar-refractivity contribution < 1.29 is 14.3 Å². The molecule has 13 heavy (non-hydrogen) atoms. The van der Waals surface area contributed by atoms with Gasteiger partial charge in [-0.2, -0.15) is 0 Å². The zero-order valence-corrected chi connectivity index (χ0v) is 8.96. The molecule has 0 aromatic heterocycles. The molecule has 0 fully saturated rings. The molecule has 76 valence electrons. The van der Waals surface area contributed by atoms with Gasteiger partial charge in [-0.3, -0.25) is 0 Å². The van der Waals surface area contributed by atoms with Crippen molar-refractivity contribution >= 4 is 5.97 Å². The number of carbonyl (C=O) groups excluding carboxylic acids is 1. The summed E-state index contributed by atoms with van der Waals surface area (Å²) in [6.07, 6.45) is 2.72. The zero-order valence-electron chi connectivity index (χ0n) is 8.96. The molecular weight excluding hydrogens is 168 g/mol. The van der Waals surface area contributed by atoms with Crippen LogP contribution in [-0.4, -0.2) is 17.7 Å². The Morgan fingerprint density at radius 2 is 1.85 bits per heavy atom. The minimum absolute atomic E-state index is 0.0821. The maximum absolute atomic E-state index is 11.1. The van der Waals surface area contributed by atoms with Gasteiger partial charge in [-0.15, -0.1) is 0 Å². The smallest absolute Gasteiger partial charge is 0.334 e. The minimum atomic E-state index is -0.445. The Labute approximate surface area is 79.7 Å². The molecule has 0 atom stereocenters. The summed E-state index contributed by atoms with van der Waals surface area (Å²) in [6, 6.07) is 0. The normalized spacial score (nSPS) is 12.2. The predicted molar refractivity (Wildman–Crippen MR) is 51.2 cm³/mol. The molecule has 0 aliphatic carbocycles. The fourth-order valence-corrected chi connectivity index (χ4v) is 0.588. The van der Waals surface area contributed by atoms with Gasteiger partial charge in [0.05, 0.1) is 18.4 Å². The van der Waals surface area contributed by atoms with Crippen LogP contribution in [-0.2, 0) is 14.3 Å². The van der Waals surface area contributed by atoms with Crippen molar-refractivity contribution in [3.8, 4) is 0 Å². The second-order valence-corrected chi connectivity index (χ2v) is 4.02. The Hall–Kier alpha value is -0.990. The van der Waals surface area contributed by atoms with Crippen LogP contribution in [0.4, 0.5) is 0 Å². The van der Waals surface area contributed by atoms with E-state index in [0.717, 1.165) is 0 Å². The maximum atomic E-state index is 11.1. The van der Waals surface area contributed by atoms with Gasteiger partial charge in [0.25, 0.3) is 0 Å². The SMILES string of the molecule is CC(C)O/C=C/C(=O)OC(C)(C)C. The highest BCUT2D eigenvalue weighted by molar-refractivity contribution is 5.81. The number of hydrogen-bond acceptors (Lipinski definition) is 3. The summed E-state index contributed by atoms with van der Waals surface area (Å²) in [5, 5.41) is 0. The number of hydrogen-bond donors (Lipinski definition) is 0. The molecule has 0 saturated heterocycles. The van der Waals surface area contributed by atoms with Crippen LogP contribution in [0, 0.1) is 0 Å². The first-order valence-corrected chi connectivity index (χ1v) is 4.36. The van der Waals surface area contributed by atoms with Gasteiger partial charge in [-0.05, 0) is 34.6 Å². The lowest BCUT2D eigenvalue weighted by Crippen LogP contribution is -2.22. The second-order valence-electron chi connectivity index (χ2n) is 4.02. The molecule has 0 bridgehead atoms. The first-order chi connectivity index (χ1) is 5.81. The van der Waals surface area contributed by atoms with E-state index in [1.165, 1.54) is 12.3 Å². The van der Waals surface area contributed by atoms with E-state index in [1.807, 2.05) is 34.6 Å². The van der Waals surface area contributed by atoms with E-state index < -0.39 is 5.60 Å². The molecule has 0 N–H and O–H groups in total. The van der Waals surface area contributed by atoms with E-state index in [9.17, 15) is 4.79 Å². The van der Waals surface area contributed by atoms with Crippen molar-refractivity contribution in [3.05, 3.63) is 12.3 Å². The Bertz CT molecular complexity index is 187. The standard InChI is InChI=1S/C10H18O3/c1-8(2)12-7-6-9(11)13-10(3,4)5/h6-8H,1-5H3/b7-6+. The van der Waals surface area contributed by atoms with Crippen molar-refractivity contribution in [3.63, 3.8) is 0 Å². The van der Waals surface area contributed by atoms with Crippen LogP contribution in [0.2, 0.25) is 0 Å². The Balaban J connectivity index is 3.81. The number of carbonyl (C=O) groups is 1. The van der Waals surface area contributed by atoms with E-state index in [0.29, 0.717) is 0 Å². The van der Waals surface area contributed by atoms with E-state index in [1.54, 1.807) is 0 Å². The molecule has 0 aromatic carbocycles. The monoisotopic (exact) mass is 186 g/mol. The lowest BCUT2D eigenvalue weighted by Gasteiger charge is -2.17. The summed E-state index contributed by atoms with van der Waals surface area (Å²) in [6.45, 7) is 9.24. The van der Waals surface area contributed by atoms with E-state index >= 15 is 0 Å². The van der Waals surface area contributed by atoms with Crippen LogP contribution in [0.25, 0.3) is 0 Å². The molecule has 0 aromatic rings. The molecule has 0 amide bonds. The maximum Gasteiger partial charge on any atom is 0.334 e. The summed E-state index contributed by atoms with van der Waals surface area (Å²) in [5.74, 6) is -0.381. The Morgan fingerprint density at radius 1 is 1.31 bits per heavy atom. The van der Waals surface area contributed by atoms with E-state index in [-0.39, 0.29) is 12.1 Å². The van der Waals surface area contributed by atoms with Crippen LogP contribution >= 0.6 is 0 Å². The van der Waals surface area contributed by atoms with Gasteiger partial charge in [-0.1, -0.05) is 0 Å². The fourth-order valence-electron chi connectivity index (χ4n) is 0.588. The summed E-state index contributed by atoms with van der Waals surface area (Å²) < 4.78 is 10.1. The summed E-state index contributed by atoms with van der Waals surface area (Å²) in [7, 11) is 0. The molecular formula is C10H18O3.